The molecule has 0 saturated heterocycles. The summed E-state index contributed by atoms with van der Waals surface area (Å²) in [7, 11) is 0. The van der Waals surface area contributed by atoms with Crippen LogP contribution >= 0.6 is 0 Å². The molecule has 0 N–H and O–H groups in total. The lowest BCUT2D eigenvalue weighted by Crippen LogP contribution is -2.38. The zero-order chi connectivity index (χ0) is 17.9. The van der Waals surface area contributed by atoms with Gasteiger partial charge in [-0.2, -0.15) is 0 Å². The van der Waals surface area contributed by atoms with E-state index >= 15 is 0 Å². The molecule has 2 aromatic carbocycles. The van der Waals surface area contributed by atoms with Crippen LogP contribution in [0.1, 0.15) is 37.8 Å². The normalized spacial score (nSPS) is 20.1. The van der Waals surface area contributed by atoms with Crippen molar-refractivity contribution in [1.29, 1.82) is 0 Å². The second-order valence-corrected chi connectivity index (χ2v) is 7.36. The third kappa shape index (κ3) is 3.83. The summed E-state index contributed by atoms with van der Waals surface area (Å²) in [5.74, 6) is 5.87. The first kappa shape index (κ1) is 17.0. The van der Waals surface area contributed by atoms with Crippen molar-refractivity contribution in [2.75, 3.05) is 0 Å². The van der Waals surface area contributed by atoms with Crippen molar-refractivity contribution in [2.24, 2.45) is 11.3 Å². The van der Waals surface area contributed by atoms with Crippen LogP contribution in [0.5, 0.6) is 0 Å². The van der Waals surface area contributed by atoms with Gasteiger partial charge in [-0.15, -0.1) is 0 Å². The van der Waals surface area contributed by atoms with Gasteiger partial charge in [0.2, 0.25) is 0 Å². The van der Waals surface area contributed by atoms with Gasteiger partial charge in [-0.3, -0.25) is 4.79 Å². The molecule has 0 radical (unpaired) electrons. The highest BCUT2D eigenvalue weighted by Gasteiger charge is 2.43. The predicted octanol–water partition coefficient (Wildman–Crippen LogP) is 4.92. The molecule has 0 aliphatic carbocycles. The first-order valence-electron chi connectivity index (χ1n) is 8.49. The van der Waals surface area contributed by atoms with Crippen molar-refractivity contribution in [3.8, 4) is 11.8 Å². The number of benzene rings is 2. The van der Waals surface area contributed by atoms with Crippen molar-refractivity contribution in [3.05, 3.63) is 83.6 Å². The number of esters is 1. The molecule has 2 atom stereocenters. The SMILES string of the molecule is CC(C)(C)[C@H]1C(=O)OC=C(C#Cc2ccccc2)[C@H]1c1ccccc1. The fraction of sp³-hybridized carbons (Fsp3) is 0.261. The average molecular weight is 330 g/mol. The minimum absolute atomic E-state index is 0.0985. The van der Waals surface area contributed by atoms with Crippen LogP contribution in [0.3, 0.4) is 0 Å². The smallest absolute Gasteiger partial charge is 0.315 e. The molecule has 1 aliphatic heterocycles. The summed E-state index contributed by atoms with van der Waals surface area (Å²) in [4.78, 5) is 12.5. The lowest BCUT2D eigenvalue weighted by molar-refractivity contribution is -0.148. The van der Waals surface area contributed by atoms with Gasteiger partial charge in [-0.1, -0.05) is 81.1 Å². The van der Waals surface area contributed by atoms with Crippen LogP contribution in [0.25, 0.3) is 0 Å². The molecule has 0 aromatic heterocycles. The van der Waals surface area contributed by atoms with Crippen molar-refractivity contribution in [2.45, 2.75) is 26.7 Å². The molecular formula is C23H22O2. The average Bonchev–Trinajstić information content (AvgIpc) is 2.61. The van der Waals surface area contributed by atoms with E-state index in [0.717, 1.165) is 16.7 Å². The predicted molar refractivity (Wildman–Crippen MR) is 99.6 cm³/mol. The Hall–Kier alpha value is -2.79. The third-order valence-corrected chi connectivity index (χ3v) is 4.44. The van der Waals surface area contributed by atoms with Crippen molar-refractivity contribution < 1.29 is 9.53 Å². The van der Waals surface area contributed by atoms with Gasteiger partial charge in [0.15, 0.2) is 0 Å². The highest BCUT2D eigenvalue weighted by atomic mass is 16.5. The summed E-state index contributed by atoms with van der Waals surface area (Å²) in [6, 6.07) is 19.9. The van der Waals surface area contributed by atoms with Crippen molar-refractivity contribution >= 4 is 5.97 Å². The van der Waals surface area contributed by atoms with Crippen molar-refractivity contribution in [3.63, 3.8) is 0 Å². The Morgan fingerprint density at radius 3 is 2.08 bits per heavy atom. The number of allylic oxidation sites excluding steroid dienone is 1. The van der Waals surface area contributed by atoms with Crippen LogP contribution in [0.2, 0.25) is 0 Å². The molecule has 2 nitrogen and oxygen atoms in total. The first-order valence-corrected chi connectivity index (χ1v) is 8.49. The van der Waals surface area contributed by atoms with Gasteiger partial charge in [0, 0.05) is 17.1 Å². The van der Waals surface area contributed by atoms with E-state index in [4.69, 9.17) is 4.74 Å². The Bertz CT molecular complexity index is 830. The number of carbonyl (C=O) groups is 1. The van der Waals surface area contributed by atoms with Gasteiger partial charge in [0.05, 0.1) is 5.92 Å². The van der Waals surface area contributed by atoms with Gasteiger partial charge < -0.3 is 4.74 Å². The molecule has 0 spiro atoms. The van der Waals surface area contributed by atoms with Gasteiger partial charge in [-0.05, 0) is 23.1 Å². The second-order valence-electron chi connectivity index (χ2n) is 7.36. The Labute approximate surface area is 149 Å². The lowest BCUT2D eigenvalue weighted by atomic mass is 9.67. The highest BCUT2D eigenvalue weighted by Crippen LogP contribution is 2.44. The largest absolute Gasteiger partial charge is 0.433 e. The molecule has 0 unspecified atom stereocenters. The summed E-state index contributed by atoms with van der Waals surface area (Å²) >= 11 is 0. The quantitative estimate of drug-likeness (QED) is 0.548. The van der Waals surface area contributed by atoms with E-state index in [0.29, 0.717) is 0 Å². The van der Waals surface area contributed by atoms with Crippen LogP contribution in [0.15, 0.2) is 72.5 Å². The summed E-state index contributed by atoms with van der Waals surface area (Å²) in [6.07, 6.45) is 1.53. The number of hydrogen-bond donors (Lipinski definition) is 0. The highest BCUT2D eigenvalue weighted by molar-refractivity contribution is 5.78. The molecule has 0 amide bonds. The van der Waals surface area contributed by atoms with Crippen molar-refractivity contribution in [1.82, 2.24) is 0 Å². The van der Waals surface area contributed by atoms with E-state index in [9.17, 15) is 4.79 Å². The molecule has 2 aromatic rings. The standard InChI is InChI=1S/C23H22O2/c1-23(2,3)21-20(18-12-8-5-9-13-18)19(16-25-22(21)24)15-14-17-10-6-4-7-11-17/h4-13,16,20-21H,1-3H3/t20-,21-/m1/s1. The molecule has 1 heterocycles. The molecule has 0 saturated carbocycles. The molecule has 0 fully saturated rings. The Balaban J connectivity index is 2.06. The van der Waals surface area contributed by atoms with Crippen LogP contribution in [0, 0.1) is 23.2 Å². The maximum atomic E-state index is 12.5. The van der Waals surface area contributed by atoms with Gasteiger partial charge in [0.25, 0.3) is 0 Å². The van der Waals surface area contributed by atoms with Crippen LogP contribution in [-0.2, 0) is 9.53 Å². The Morgan fingerprint density at radius 2 is 1.48 bits per heavy atom. The van der Waals surface area contributed by atoms with E-state index in [2.05, 4.69) is 44.7 Å². The lowest BCUT2D eigenvalue weighted by Gasteiger charge is -2.37. The molecule has 2 heteroatoms. The number of carbonyl (C=O) groups excluding carboxylic acids is 1. The molecular weight excluding hydrogens is 308 g/mol. The second kappa shape index (κ2) is 6.99. The van der Waals surface area contributed by atoms with Gasteiger partial charge in [0.1, 0.15) is 6.26 Å². The zero-order valence-corrected chi connectivity index (χ0v) is 14.8. The van der Waals surface area contributed by atoms with Crippen LogP contribution < -0.4 is 0 Å². The van der Waals surface area contributed by atoms with E-state index < -0.39 is 0 Å². The number of hydrogen-bond acceptors (Lipinski definition) is 2. The maximum absolute atomic E-state index is 12.5. The third-order valence-electron chi connectivity index (χ3n) is 4.44. The summed E-state index contributed by atoms with van der Waals surface area (Å²) in [5.41, 5.74) is 2.65. The molecule has 0 bridgehead atoms. The van der Waals surface area contributed by atoms with Crippen LogP contribution in [-0.4, -0.2) is 5.97 Å². The monoisotopic (exact) mass is 330 g/mol. The van der Waals surface area contributed by atoms with E-state index in [1.807, 2.05) is 48.5 Å². The number of cyclic esters (lactones) is 1. The van der Waals surface area contributed by atoms with E-state index in [1.54, 1.807) is 0 Å². The maximum Gasteiger partial charge on any atom is 0.315 e. The topological polar surface area (TPSA) is 26.3 Å². The van der Waals surface area contributed by atoms with Gasteiger partial charge >= 0.3 is 5.97 Å². The van der Waals surface area contributed by atoms with Crippen LogP contribution in [0.4, 0.5) is 0 Å². The molecule has 3 rings (SSSR count). The number of ether oxygens (including phenoxy) is 1. The summed E-state index contributed by atoms with van der Waals surface area (Å²) < 4.78 is 5.37. The van der Waals surface area contributed by atoms with E-state index in [-0.39, 0.29) is 23.2 Å². The Morgan fingerprint density at radius 1 is 0.880 bits per heavy atom. The molecule has 126 valence electrons. The summed E-state index contributed by atoms with van der Waals surface area (Å²) in [6.45, 7) is 6.22. The van der Waals surface area contributed by atoms with E-state index in [1.165, 1.54) is 6.26 Å². The minimum Gasteiger partial charge on any atom is -0.433 e. The fourth-order valence-electron chi connectivity index (χ4n) is 3.24. The molecule has 1 aliphatic rings. The molecule has 25 heavy (non-hydrogen) atoms. The zero-order valence-electron chi connectivity index (χ0n) is 14.8. The fourth-order valence-corrected chi connectivity index (χ4v) is 3.24. The minimum atomic E-state index is -0.278. The first-order chi connectivity index (χ1) is 12.0. The summed E-state index contributed by atoms with van der Waals surface area (Å²) in [5, 5.41) is 0. The van der Waals surface area contributed by atoms with Gasteiger partial charge in [-0.25, -0.2) is 0 Å². The number of rotatable bonds is 1. The Kier molecular flexibility index (Phi) is 4.76.